The third-order valence-corrected chi connectivity index (χ3v) is 3.53. The molecule has 0 spiro atoms. The summed E-state index contributed by atoms with van der Waals surface area (Å²) in [6.45, 7) is 1.84. The molecule has 0 saturated heterocycles. The predicted molar refractivity (Wildman–Crippen MR) is 83.7 cm³/mol. The van der Waals surface area contributed by atoms with E-state index in [1.807, 2.05) is 31.2 Å². The van der Waals surface area contributed by atoms with Crippen molar-refractivity contribution in [3.8, 4) is 0 Å². The number of amides is 3. The van der Waals surface area contributed by atoms with Gasteiger partial charge < -0.3 is 5.32 Å². The molecule has 0 fully saturated rings. The molecule has 1 heterocycles. The lowest BCUT2D eigenvalue weighted by Crippen LogP contribution is -2.47. The third-order valence-electron chi connectivity index (χ3n) is 2.80. The molecule has 0 aliphatic carbocycles. The average Bonchev–Trinajstić information content (AvgIpc) is 2.53. The number of carbonyl (C=O) groups excluding carboxylic acids is 2. The fraction of sp³-hybridized carbons (Fsp3) is 0.143. The molecule has 22 heavy (non-hydrogen) atoms. The molecule has 3 N–H and O–H groups in total. The quantitative estimate of drug-likeness (QED) is 0.726. The SMILES string of the molecule is CC(NC(=O)NNC(=O)c1cnccn1)c1ccccc1Br. The number of rotatable bonds is 3. The van der Waals surface area contributed by atoms with Crippen molar-refractivity contribution in [1.82, 2.24) is 26.1 Å². The van der Waals surface area contributed by atoms with Crippen LogP contribution in [-0.4, -0.2) is 21.9 Å². The largest absolute Gasteiger partial charge is 0.333 e. The highest BCUT2D eigenvalue weighted by atomic mass is 79.9. The van der Waals surface area contributed by atoms with Gasteiger partial charge in [-0.05, 0) is 18.6 Å². The zero-order chi connectivity index (χ0) is 15.9. The Bertz CT molecular complexity index is 665. The van der Waals surface area contributed by atoms with Gasteiger partial charge in [0.1, 0.15) is 5.69 Å². The summed E-state index contributed by atoms with van der Waals surface area (Å²) in [7, 11) is 0. The zero-order valence-corrected chi connectivity index (χ0v) is 13.3. The van der Waals surface area contributed by atoms with E-state index in [1.54, 1.807) is 0 Å². The Labute approximate surface area is 135 Å². The first-order valence-electron chi connectivity index (χ1n) is 6.45. The number of aromatic nitrogens is 2. The van der Waals surface area contributed by atoms with E-state index >= 15 is 0 Å². The molecule has 114 valence electrons. The summed E-state index contributed by atoms with van der Waals surface area (Å²) in [5, 5.41) is 2.71. The Morgan fingerprint density at radius 2 is 1.95 bits per heavy atom. The van der Waals surface area contributed by atoms with Crippen LogP contribution in [0, 0.1) is 0 Å². The van der Waals surface area contributed by atoms with E-state index < -0.39 is 11.9 Å². The molecule has 1 aromatic heterocycles. The van der Waals surface area contributed by atoms with Gasteiger partial charge in [-0.15, -0.1) is 0 Å². The van der Waals surface area contributed by atoms with Gasteiger partial charge in [0.15, 0.2) is 0 Å². The summed E-state index contributed by atoms with van der Waals surface area (Å²) in [5.74, 6) is -0.545. The highest BCUT2D eigenvalue weighted by Crippen LogP contribution is 2.22. The van der Waals surface area contributed by atoms with Crippen LogP contribution >= 0.6 is 15.9 Å². The molecule has 1 aromatic carbocycles. The van der Waals surface area contributed by atoms with Gasteiger partial charge >= 0.3 is 6.03 Å². The van der Waals surface area contributed by atoms with Gasteiger partial charge in [0.05, 0.1) is 12.2 Å². The summed E-state index contributed by atoms with van der Waals surface area (Å²) in [6.07, 6.45) is 4.15. The van der Waals surface area contributed by atoms with Crippen molar-refractivity contribution < 1.29 is 9.59 Å². The van der Waals surface area contributed by atoms with Crippen LogP contribution in [-0.2, 0) is 0 Å². The van der Waals surface area contributed by atoms with Crippen LogP contribution in [0.15, 0.2) is 47.3 Å². The molecule has 2 aromatic rings. The summed E-state index contributed by atoms with van der Waals surface area (Å²) >= 11 is 3.42. The molecule has 2 rings (SSSR count). The monoisotopic (exact) mass is 363 g/mol. The predicted octanol–water partition coefficient (Wildman–Crippen LogP) is 1.94. The molecule has 1 unspecified atom stereocenters. The smallest absolute Gasteiger partial charge is 0.330 e. The molecule has 0 aliphatic rings. The summed E-state index contributed by atoms with van der Waals surface area (Å²) < 4.78 is 0.895. The Balaban J connectivity index is 1.86. The number of nitrogens with one attached hydrogen (secondary N) is 3. The second-order valence-electron chi connectivity index (χ2n) is 4.39. The van der Waals surface area contributed by atoms with Crippen molar-refractivity contribution in [2.75, 3.05) is 0 Å². The lowest BCUT2D eigenvalue weighted by molar-refractivity contribution is 0.0930. The van der Waals surface area contributed by atoms with E-state index in [0.29, 0.717) is 0 Å². The van der Waals surface area contributed by atoms with E-state index in [0.717, 1.165) is 10.0 Å². The van der Waals surface area contributed by atoms with E-state index in [2.05, 4.69) is 42.1 Å². The standard InChI is InChI=1S/C14H14BrN5O2/c1-9(10-4-2-3-5-11(10)15)18-14(22)20-19-13(21)12-8-16-6-7-17-12/h2-9H,1H3,(H,19,21)(H2,18,20,22). The number of urea groups is 1. The Kier molecular flexibility index (Phi) is 5.42. The minimum absolute atomic E-state index is 0.113. The third kappa shape index (κ3) is 4.26. The summed E-state index contributed by atoms with van der Waals surface area (Å²) in [5.41, 5.74) is 5.56. The number of halogens is 1. The lowest BCUT2D eigenvalue weighted by atomic mass is 10.1. The number of carbonyl (C=O) groups is 2. The number of benzene rings is 1. The van der Waals surface area contributed by atoms with Gasteiger partial charge in [-0.2, -0.15) is 0 Å². The van der Waals surface area contributed by atoms with E-state index in [-0.39, 0.29) is 11.7 Å². The van der Waals surface area contributed by atoms with Crippen molar-refractivity contribution in [2.45, 2.75) is 13.0 Å². The number of hydrogen-bond donors (Lipinski definition) is 3. The molecule has 1 atom stereocenters. The van der Waals surface area contributed by atoms with Crippen molar-refractivity contribution in [2.24, 2.45) is 0 Å². The van der Waals surface area contributed by atoms with Crippen LogP contribution in [0.2, 0.25) is 0 Å². The zero-order valence-electron chi connectivity index (χ0n) is 11.7. The maximum atomic E-state index is 11.8. The van der Waals surface area contributed by atoms with Crippen molar-refractivity contribution in [1.29, 1.82) is 0 Å². The molecular formula is C14H14BrN5O2. The highest BCUT2D eigenvalue weighted by Gasteiger charge is 2.13. The minimum atomic E-state index is -0.545. The lowest BCUT2D eigenvalue weighted by Gasteiger charge is -2.16. The molecule has 0 aliphatic heterocycles. The van der Waals surface area contributed by atoms with Crippen molar-refractivity contribution in [3.63, 3.8) is 0 Å². The normalized spacial score (nSPS) is 11.4. The molecule has 8 heteroatoms. The average molecular weight is 364 g/mol. The first-order chi connectivity index (χ1) is 10.6. The molecule has 0 radical (unpaired) electrons. The first kappa shape index (κ1) is 15.9. The Hall–Kier alpha value is -2.48. The molecule has 0 bridgehead atoms. The fourth-order valence-electron chi connectivity index (χ4n) is 1.73. The maximum Gasteiger partial charge on any atom is 0.333 e. The van der Waals surface area contributed by atoms with Crippen molar-refractivity contribution >= 4 is 27.9 Å². The second-order valence-corrected chi connectivity index (χ2v) is 5.24. The van der Waals surface area contributed by atoms with Crippen LogP contribution in [0.25, 0.3) is 0 Å². The van der Waals surface area contributed by atoms with Crippen LogP contribution in [0.3, 0.4) is 0 Å². The van der Waals surface area contributed by atoms with Crippen LogP contribution < -0.4 is 16.2 Å². The Morgan fingerprint density at radius 1 is 1.18 bits per heavy atom. The van der Waals surface area contributed by atoms with Gasteiger partial charge in [0.2, 0.25) is 0 Å². The fourth-order valence-corrected chi connectivity index (χ4v) is 2.36. The van der Waals surface area contributed by atoms with Crippen LogP contribution in [0.1, 0.15) is 29.0 Å². The van der Waals surface area contributed by atoms with E-state index in [1.165, 1.54) is 18.6 Å². The maximum absolute atomic E-state index is 11.8. The number of hydrogen-bond acceptors (Lipinski definition) is 4. The molecular weight excluding hydrogens is 350 g/mol. The van der Waals surface area contributed by atoms with Gasteiger partial charge in [-0.1, -0.05) is 34.1 Å². The number of hydrazine groups is 1. The molecule has 3 amide bonds. The van der Waals surface area contributed by atoms with Gasteiger partial charge in [-0.25, -0.2) is 15.2 Å². The molecule has 0 saturated carbocycles. The van der Waals surface area contributed by atoms with Crippen molar-refractivity contribution in [3.05, 3.63) is 58.6 Å². The first-order valence-corrected chi connectivity index (χ1v) is 7.24. The van der Waals surface area contributed by atoms with E-state index in [9.17, 15) is 9.59 Å². The van der Waals surface area contributed by atoms with Crippen LogP contribution in [0.5, 0.6) is 0 Å². The summed E-state index contributed by atoms with van der Waals surface area (Å²) in [6, 6.07) is 6.80. The van der Waals surface area contributed by atoms with E-state index in [4.69, 9.17) is 0 Å². The minimum Gasteiger partial charge on any atom is -0.330 e. The van der Waals surface area contributed by atoms with Gasteiger partial charge in [0, 0.05) is 16.9 Å². The highest BCUT2D eigenvalue weighted by molar-refractivity contribution is 9.10. The topological polar surface area (TPSA) is 96.0 Å². The van der Waals surface area contributed by atoms with Gasteiger partial charge in [-0.3, -0.25) is 15.2 Å². The van der Waals surface area contributed by atoms with Crippen LogP contribution in [0.4, 0.5) is 4.79 Å². The Morgan fingerprint density at radius 3 is 2.64 bits per heavy atom. The van der Waals surface area contributed by atoms with Gasteiger partial charge in [0.25, 0.3) is 5.91 Å². The second kappa shape index (κ2) is 7.51. The number of nitrogens with zero attached hydrogens (tertiary/aromatic N) is 2. The molecule has 7 nitrogen and oxygen atoms in total. The summed E-state index contributed by atoms with van der Waals surface area (Å²) in [4.78, 5) is 31.1.